The highest BCUT2D eigenvalue weighted by Crippen LogP contribution is 2.28. The Kier molecular flexibility index (Phi) is 3.80. The summed E-state index contributed by atoms with van der Waals surface area (Å²) in [7, 11) is 0. The number of Topliss-reactive ketones (excluding diaryl/α,β-unsaturated/α-hetero) is 1. The minimum atomic E-state index is -0.0531. The van der Waals surface area contributed by atoms with Crippen LogP contribution in [-0.2, 0) is 0 Å². The predicted octanol–water partition coefficient (Wildman–Crippen LogP) is 3.64. The molecule has 0 aromatic heterocycles. The van der Waals surface area contributed by atoms with Gasteiger partial charge in [0.15, 0.2) is 5.78 Å². The summed E-state index contributed by atoms with van der Waals surface area (Å²) in [4.78, 5) is 27.4. The number of carbonyl (C=O) groups excluding carboxylic acids is 2. The van der Waals surface area contributed by atoms with E-state index in [9.17, 15) is 9.59 Å². The number of anilines is 1. The second kappa shape index (κ2) is 5.74. The lowest BCUT2D eigenvalue weighted by Gasteiger charge is -2.28. The number of thioether (sulfide) groups is 1. The van der Waals surface area contributed by atoms with Gasteiger partial charge in [-0.3, -0.25) is 9.59 Å². The van der Waals surface area contributed by atoms with Crippen LogP contribution < -0.4 is 4.90 Å². The first-order valence-corrected chi connectivity index (χ1v) is 8.01. The fourth-order valence-corrected chi connectivity index (χ4v) is 2.92. The van der Waals surface area contributed by atoms with Crippen molar-refractivity contribution in [3.8, 4) is 0 Å². The van der Waals surface area contributed by atoms with Crippen LogP contribution in [0.4, 0.5) is 5.69 Å². The molecule has 0 fully saturated rings. The molecule has 3 rings (SSSR count). The summed E-state index contributed by atoms with van der Waals surface area (Å²) in [6, 6.07) is 14.9. The Morgan fingerprint density at radius 2 is 1.81 bits per heavy atom. The average molecular weight is 297 g/mol. The second-order valence-electron chi connectivity index (χ2n) is 4.88. The highest BCUT2D eigenvalue weighted by molar-refractivity contribution is 7.98. The number of benzene rings is 2. The number of amides is 1. The molecule has 106 valence electrons. The third kappa shape index (κ3) is 2.59. The van der Waals surface area contributed by atoms with Crippen molar-refractivity contribution in [1.29, 1.82) is 0 Å². The third-order valence-corrected chi connectivity index (χ3v) is 4.38. The van der Waals surface area contributed by atoms with Crippen LogP contribution in [0, 0.1) is 0 Å². The zero-order valence-electron chi connectivity index (χ0n) is 11.7. The minimum Gasteiger partial charge on any atom is -0.307 e. The summed E-state index contributed by atoms with van der Waals surface area (Å²) in [6.45, 7) is 0.443. The van der Waals surface area contributed by atoms with E-state index in [2.05, 4.69) is 0 Å². The number of hydrogen-bond donors (Lipinski definition) is 0. The van der Waals surface area contributed by atoms with Crippen molar-refractivity contribution in [2.45, 2.75) is 11.3 Å². The molecule has 0 saturated carbocycles. The number of nitrogens with zero attached hydrogens (tertiary/aromatic N) is 1. The Bertz CT molecular complexity index is 694. The molecule has 0 radical (unpaired) electrons. The molecular weight excluding hydrogens is 282 g/mol. The molecule has 3 nitrogen and oxygen atoms in total. The molecule has 21 heavy (non-hydrogen) atoms. The van der Waals surface area contributed by atoms with Crippen LogP contribution in [0.25, 0.3) is 0 Å². The fraction of sp³-hybridized carbons (Fsp3) is 0.176. The SMILES string of the molecule is CSc1ccc(C(=O)N2CCC(=O)c3ccccc32)cc1. The lowest BCUT2D eigenvalue weighted by molar-refractivity contribution is 0.0955. The van der Waals surface area contributed by atoms with Crippen molar-refractivity contribution in [3.63, 3.8) is 0 Å². The maximum atomic E-state index is 12.7. The first-order valence-electron chi connectivity index (χ1n) is 6.79. The van der Waals surface area contributed by atoms with Crippen LogP contribution in [0.15, 0.2) is 53.4 Å². The van der Waals surface area contributed by atoms with E-state index in [1.54, 1.807) is 22.7 Å². The Labute approximate surface area is 128 Å². The Morgan fingerprint density at radius 3 is 2.52 bits per heavy atom. The smallest absolute Gasteiger partial charge is 0.258 e. The number of rotatable bonds is 2. The molecular formula is C17H15NO2S. The zero-order chi connectivity index (χ0) is 14.8. The van der Waals surface area contributed by atoms with Gasteiger partial charge in [0.05, 0.1) is 5.69 Å². The molecule has 0 spiro atoms. The largest absolute Gasteiger partial charge is 0.307 e. The predicted molar refractivity (Wildman–Crippen MR) is 85.3 cm³/mol. The van der Waals surface area contributed by atoms with Crippen LogP contribution >= 0.6 is 11.8 Å². The van der Waals surface area contributed by atoms with Gasteiger partial charge in [0, 0.05) is 29.0 Å². The van der Waals surface area contributed by atoms with E-state index in [1.807, 2.05) is 48.7 Å². The normalized spacial score (nSPS) is 14.0. The molecule has 1 heterocycles. The van der Waals surface area contributed by atoms with Crippen LogP contribution in [0.3, 0.4) is 0 Å². The van der Waals surface area contributed by atoms with Crippen molar-refractivity contribution >= 4 is 29.1 Å². The van der Waals surface area contributed by atoms with E-state index >= 15 is 0 Å². The van der Waals surface area contributed by atoms with E-state index in [0.29, 0.717) is 29.8 Å². The van der Waals surface area contributed by atoms with Crippen molar-refractivity contribution in [3.05, 3.63) is 59.7 Å². The topological polar surface area (TPSA) is 37.4 Å². The summed E-state index contributed by atoms with van der Waals surface area (Å²) in [5, 5.41) is 0. The van der Waals surface area contributed by atoms with Crippen LogP contribution in [0.5, 0.6) is 0 Å². The van der Waals surface area contributed by atoms with Gasteiger partial charge in [-0.2, -0.15) is 0 Å². The van der Waals surface area contributed by atoms with E-state index in [-0.39, 0.29) is 11.7 Å². The maximum absolute atomic E-state index is 12.7. The van der Waals surface area contributed by atoms with Gasteiger partial charge in [-0.25, -0.2) is 0 Å². The number of carbonyl (C=O) groups is 2. The minimum absolute atomic E-state index is 0.0531. The Morgan fingerprint density at radius 1 is 1.10 bits per heavy atom. The molecule has 1 aliphatic heterocycles. The van der Waals surface area contributed by atoms with Crippen LogP contribution in [0.1, 0.15) is 27.1 Å². The van der Waals surface area contributed by atoms with E-state index in [4.69, 9.17) is 0 Å². The van der Waals surface area contributed by atoms with Crippen molar-refractivity contribution in [2.24, 2.45) is 0 Å². The van der Waals surface area contributed by atoms with Crippen LogP contribution in [0.2, 0.25) is 0 Å². The van der Waals surface area contributed by atoms with E-state index in [1.165, 1.54) is 0 Å². The molecule has 1 amide bonds. The highest BCUT2D eigenvalue weighted by atomic mass is 32.2. The van der Waals surface area contributed by atoms with Crippen molar-refractivity contribution < 1.29 is 9.59 Å². The first-order chi connectivity index (χ1) is 10.2. The standard InChI is InChI=1S/C17H15NO2S/c1-21-13-8-6-12(7-9-13)17(20)18-11-10-16(19)14-4-2-3-5-15(14)18/h2-9H,10-11H2,1H3. The number of hydrogen-bond acceptors (Lipinski definition) is 3. The molecule has 0 bridgehead atoms. The Hall–Kier alpha value is -2.07. The zero-order valence-corrected chi connectivity index (χ0v) is 12.5. The molecule has 2 aromatic carbocycles. The van der Waals surface area contributed by atoms with Gasteiger partial charge >= 0.3 is 0 Å². The second-order valence-corrected chi connectivity index (χ2v) is 5.76. The van der Waals surface area contributed by atoms with Gasteiger partial charge < -0.3 is 4.90 Å². The molecule has 4 heteroatoms. The summed E-state index contributed by atoms with van der Waals surface area (Å²) in [5.74, 6) is 0.0509. The summed E-state index contributed by atoms with van der Waals surface area (Å²) < 4.78 is 0. The average Bonchev–Trinajstić information content (AvgIpc) is 2.55. The summed E-state index contributed by atoms with van der Waals surface area (Å²) >= 11 is 1.64. The lowest BCUT2D eigenvalue weighted by Crippen LogP contribution is -2.37. The van der Waals surface area contributed by atoms with Gasteiger partial charge in [-0.05, 0) is 42.7 Å². The van der Waals surface area contributed by atoms with E-state index < -0.39 is 0 Å². The molecule has 0 aliphatic carbocycles. The summed E-state index contributed by atoms with van der Waals surface area (Å²) in [6.07, 6.45) is 2.38. The van der Waals surface area contributed by atoms with Gasteiger partial charge in [-0.1, -0.05) is 12.1 Å². The third-order valence-electron chi connectivity index (χ3n) is 3.64. The summed E-state index contributed by atoms with van der Waals surface area (Å²) in [5.41, 5.74) is 2.00. The van der Waals surface area contributed by atoms with Crippen LogP contribution in [-0.4, -0.2) is 24.5 Å². The Balaban J connectivity index is 1.95. The lowest BCUT2D eigenvalue weighted by atomic mass is 9.99. The quantitative estimate of drug-likeness (QED) is 0.794. The number of fused-ring (bicyclic) bond motifs is 1. The van der Waals surface area contributed by atoms with Gasteiger partial charge in [-0.15, -0.1) is 11.8 Å². The number of para-hydroxylation sites is 1. The van der Waals surface area contributed by atoms with E-state index in [0.717, 1.165) is 4.90 Å². The molecule has 0 atom stereocenters. The first kappa shape index (κ1) is 13.9. The molecule has 2 aromatic rings. The monoisotopic (exact) mass is 297 g/mol. The maximum Gasteiger partial charge on any atom is 0.258 e. The number of ketones is 1. The molecule has 0 saturated heterocycles. The van der Waals surface area contributed by atoms with Gasteiger partial charge in [0.2, 0.25) is 0 Å². The molecule has 0 unspecified atom stereocenters. The van der Waals surface area contributed by atoms with Gasteiger partial charge in [0.1, 0.15) is 0 Å². The van der Waals surface area contributed by atoms with Gasteiger partial charge in [0.25, 0.3) is 5.91 Å². The van der Waals surface area contributed by atoms with Crippen molar-refractivity contribution in [1.82, 2.24) is 0 Å². The highest BCUT2D eigenvalue weighted by Gasteiger charge is 2.27. The van der Waals surface area contributed by atoms with Crippen molar-refractivity contribution in [2.75, 3.05) is 17.7 Å². The fourth-order valence-electron chi connectivity index (χ4n) is 2.51. The molecule has 0 N–H and O–H groups in total. The molecule has 1 aliphatic rings.